The monoisotopic (exact) mass is 670 g/mol. The molecule has 0 radical (unpaired) electrons. The van der Waals surface area contributed by atoms with Gasteiger partial charge in [0.2, 0.25) is 0 Å². The lowest BCUT2D eigenvalue weighted by Gasteiger charge is -2.17. The van der Waals surface area contributed by atoms with Gasteiger partial charge in [0.25, 0.3) is 0 Å². The predicted molar refractivity (Wildman–Crippen MR) is 191 cm³/mol. The van der Waals surface area contributed by atoms with Crippen molar-refractivity contribution in [1.82, 2.24) is 0 Å². The van der Waals surface area contributed by atoms with Crippen LogP contribution < -0.4 is 14.2 Å². The molecular weight excluding hydrogens is 616 g/mol. The van der Waals surface area contributed by atoms with Crippen molar-refractivity contribution in [1.29, 1.82) is 0 Å². The van der Waals surface area contributed by atoms with Crippen molar-refractivity contribution in [3.05, 3.63) is 78.4 Å². The summed E-state index contributed by atoms with van der Waals surface area (Å²) >= 11 is 0. The van der Waals surface area contributed by atoms with E-state index in [4.69, 9.17) is 33.2 Å². The van der Waals surface area contributed by atoms with Gasteiger partial charge < -0.3 is 42.6 Å². The Balaban J connectivity index is 0.000000444. The fourth-order valence-corrected chi connectivity index (χ4v) is 3.98. The van der Waals surface area contributed by atoms with E-state index in [-0.39, 0.29) is 6.29 Å². The number of benzene rings is 4. The molecule has 1 unspecified atom stereocenters. The zero-order chi connectivity index (χ0) is 35.6. The predicted octanol–water partition coefficient (Wildman–Crippen LogP) is 8.24. The standard InChI is InChI=1S/C20H28O6.C13H12O3.C3H8O.C2H6/c1-16(25-14-13-24-12-11-23-10-9-21-2)26-20-6-4-5-17-7-8-18(22-3)15-19(17)20;1-9-6-7-10-4-3-5-12(11(10)8-9)16-13(14)15-2;1-3-4-2;1-2/h4-8,15-16H,9-14H2,1-3H3;3-8H,1-2H3;3H2,1-2H3;1-2H3. The van der Waals surface area contributed by atoms with Crippen LogP contribution in [0.2, 0.25) is 0 Å². The molecule has 0 fully saturated rings. The van der Waals surface area contributed by atoms with E-state index in [0.29, 0.717) is 45.4 Å². The van der Waals surface area contributed by atoms with Crippen molar-refractivity contribution in [2.75, 3.05) is 74.7 Å². The second-order valence-corrected chi connectivity index (χ2v) is 9.73. The zero-order valence-corrected chi connectivity index (χ0v) is 30.0. The van der Waals surface area contributed by atoms with Crippen molar-refractivity contribution < 1.29 is 47.4 Å². The minimum absolute atomic E-state index is 0.381. The molecule has 0 heterocycles. The normalized spacial score (nSPS) is 10.8. The molecule has 4 aromatic rings. The van der Waals surface area contributed by atoms with E-state index in [0.717, 1.165) is 45.2 Å². The fourth-order valence-electron chi connectivity index (χ4n) is 3.98. The van der Waals surface area contributed by atoms with Gasteiger partial charge in [-0.25, -0.2) is 4.79 Å². The molecule has 0 saturated carbocycles. The first-order chi connectivity index (χ1) is 23.4. The lowest BCUT2D eigenvalue weighted by molar-refractivity contribution is -0.0858. The second kappa shape index (κ2) is 26.1. The smallest absolute Gasteiger partial charge is 0.497 e. The van der Waals surface area contributed by atoms with Crippen molar-refractivity contribution in [2.45, 2.75) is 40.9 Å². The molecule has 48 heavy (non-hydrogen) atoms. The first-order valence-electron chi connectivity index (χ1n) is 16.1. The molecule has 4 aromatic carbocycles. The van der Waals surface area contributed by atoms with Crippen LogP contribution in [0.25, 0.3) is 21.5 Å². The molecule has 0 aliphatic heterocycles. The molecule has 0 saturated heterocycles. The summed E-state index contributed by atoms with van der Waals surface area (Å²) in [7, 11) is 6.27. The Kier molecular flexibility index (Phi) is 22.9. The lowest BCUT2D eigenvalue weighted by Crippen LogP contribution is -2.20. The van der Waals surface area contributed by atoms with Gasteiger partial charge in [-0.2, -0.15) is 0 Å². The van der Waals surface area contributed by atoms with Gasteiger partial charge in [0, 0.05) is 31.6 Å². The summed E-state index contributed by atoms with van der Waals surface area (Å²) in [6.07, 6.45) is -1.08. The molecule has 10 heteroatoms. The van der Waals surface area contributed by atoms with Crippen LogP contribution in [0.3, 0.4) is 0 Å². The summed E-state index contributed by atoms with van der Waals surface area (Å²) in [5.74, 6) is 2.08. The number of ether oxygens (including phenoxy) is 9. The van der Waals surface area contributed by atoms with Gasteiger partial charge in [0.1, 0.15) is 17.2 Å². The highest BCUT2D eigenvalue weighted by Gasteiger charge is 2.09. The molecule has 1 atom stereocenters. The number of rotatable bonds is 15. The highest BCUT2D eigenvalue weighted by molar-refractivity contribution is 5.90. The fraction of sp³-hybridized carbons (Fsp3) is 0.447. The molecule has 0 spiro atoms. The highest BCUT2D eigenvalue weighted by Crippen LogP contribution is 2.30. The Morgan fingerprint density at radius 1 is 0.688 bits per heavy atom. The summed E-state index contributed by atoms with van der Waals surface area (Å²) in [5.41, 5.74) is 1.12. The zero-order valence-electron chi connectivity index (χ0n) is 30.0. The van der Waals surface area contributed by atoms with Crippen LogP contribution in [0.4, 0.5) is 4.79 Å². The molecule has 0 aromatic heterocycles. The SMILES string of the molecule is CC.CCOC.COC(=O)Oc1cccc2ccc(C)cc12.COCCOCCOCCOC(C)Oc1cccc2ccc(OC)cc12. The Labute approximate surface area is 286 Å². The number of carbonyl (C=O) groups is 1. The molecular formula is C38H54O10. The number of fused-ring (bicyclic) bond motifs is 2. The molecule has 0 bridgehead atoms. The van der Waals surface area contributed by atoms with Crippen molar-refractivity contribution in [3.8, 4) is 17.2 Å². The number of aryl methyl sites for hydroxylation is 1. The summed E-state index contributed by atoms with van der Waals surface area (Å²) < 4.78 is 46.6. The van der Waals surface area contributed by atoms with Crippen LogP contribution >= 0.6 is 0 Å². The topological polar surface area (TPSA) is 100 Å². The largest absolute Gasteiger partial charge is 0.513 e. The van der Waals surface area contributed by atoms with E-state index < -0.39 is 6.16 Å². The summed E-state index contributed by atoms with van der Waals surface area (Å²) in [6.45, 7) is 13.8. The van der Waals surface area contributed by atoms with Crippen LogP contribution in [-0.2, 0) is 28.4 Å². The average Bonchev–Trinajstić information content (AvgIpc) is 3.12. The number of hydrogen-bond donors (Lipinski definition) is 0. The number of methoxy groups -OCH3 is 4. The third kappa shape index (κ3) is 16.3. The molecule has 0 N–H and O–H groups in total. The Morgan fingerprint density at radius 2 is 1.25 bits per heavy atom. The molecule has 0 aliphatic rings. The van der Waals surface area contributed by atoms with Crippen molar-refractivity contribution in [2.24, 2.45) is 0 Å². The maximum absolute atomic E-state index is 11.1. The quantitative estimate of drug-likeness (QED) is 0.0532. The van der Waals surface area contributed by atoms with Crippen molar-refractivity contribution >= 4 is 27.7 Å². The number of carbonyl (C=O) groups excluding carboxylic acids is 1. The van der Waals surface area contributed by atoms with Crippen LogP contribution in [0.5, 0.6) is 17.2 Å². The van der Waals surface area contributed by atoms with Gasteiger partial charge in [0.15, 0.2) is 6.29 Å². The van der Waals surface area contributed by atoms with E-state index in [9.17, 15) is 4.79 Å². The van der Waals surface area contributed by atoms with Gasteiger partial charge in [-0.1, -0.05) is 61.9 Å². The van der Waals surface area contributed by atoms with Gasteiger partial charge in [-0.3, -0.25) is 0 Å². The molecule has 4 rings (SSSR count). The van der Waals surface area contributed by atoms with E-state index in [2.05, 4.69) is 9.47 Å². The Morgan fingerprint density at radius 3 is 1.83 bits per heavy atom. The van der Waals surface area contributed by atoms with Gasteiger partial charge in [0.05, 0.1) is 53.9 Å². The van der Waals surface area contributed by atoms with Crippen LogP contribution in [0.15, 0.2) is 72.8 Å². The summed E-state index contributed by atoms with van der Waals surface area (Å²) in [6, 6.07) is 23.4. The van der Waals surface area contributed by atoms with E-state index in [1.54, 1.807) is 27.4 Å². The summed E-state index contributed by atoms with van der Waals surface area (Å²) in [5, 5.41) is 4.03. The maximum Gasteiger partial charge on any atom is 0.513 e. The van der Waals surface area contributed by atoms with Crippen LogP contribution in [0, 0.1) is 6.92 Å². The van der Waals surface area contributed by atoms with E-state index in [1.807, 2.05) is 101 Å². The molecule has 0 aliphatic carbocycles. The highest BCUT2D eigenvalue weighted by atomic mass is 16.7. The van der Waals surface area contributed by atoms with E-state index >= 15 is 0 Å². The van der Waals surface area contributed by atoms with Crippen LogP contribution in [-0.4, -0.2) is 87.1 Å². The lowest BCUT2D eigenvalue weighted by atomic mass is 10.1. The molecule has 0 amide bonds. The van der Waals surface area contributed by atoms with Gasteiger partial charge >= 0.3 is 6.16 Å². The van der Waals surface area contributed by atoms with E-state index in [1.165, 1.54) is 7.11 Å². The van der Waals surface area contributed by atoms with Crippen LogP contribution in [0.1, 0.15) is 33.3 Å². The first-order valence-corrected chi connectivity index (χ1v) is 16.1. The second-order valence-electron chi connectivity index (χ2n) is 9.73. The minimum atomic E-state index is -0.700. The number of hydrogen-bond acceptors (Lipinski definition) is 10. The molecule has 10 nitrogen and oxygen atoms in total. The Bertz CT molecular complexity index is 1420. The third-order valence-corrected chi connectivity index (χ3v) is 6.37. The van der Waals surface area contributed by atoms with Crippen molar-refractivity contribution in [3.63, 3.8) is 0 Å². The van der Waals surface area contributed by atoms with Gasteiger partial charge in [-0.15, -0.1) is 0 Å². The first kappa shape index (κ1) is 42.1. The third-order valence-electron chi connectivity index (χ3n) is 6.37. The maximum atomic E-state index is 11.1. The Hall–Kier alpha value is -3.93. The van der Waals surface area contributed by atoms with Gasteiger partial charge in [-0.05, 0) is 61.9 Å². The summed E-state index contributed by atoms with van der Waals surface area (Å²) in [4.78, 5) is 11.1. The minimum Gasteiger partial charge on any atom is -0.497 e. The molecule has 266 valence electrons. The average molecular weight is 671 g/mol.